The van der Waals surface area contributed by atoms with Gasteiger partial charge in [-0.15, -0.1) is 0 Å². The van der Waals surface area contributed by atoms with Crippen molar-refractivity contribution in [3.8, 4) is 11.5 Å². The molecule has 0 bridgehead atoms. The van der Waals surface area contributed by atoms with Gasteiger partial charge in [-0.05, 0) is 31.0 Å². The Morgan fingerprint density at radius 2 is 2.18 bits per heavy atom. The maximum absolute atomic E-state index is 13.6. The fourth-order valence-corrected chi connectivity index (χ4v) is 1.69. The van der Waals surface area contributed by atoms with Crippen LogP contribution in [0.3, 0.4) is 0 Å². The number of halogens is 1. The molecule has 17 heavy (non-hydrogen) atoms. The van der Waals surface area contributed by atoms with E-state index >= 15 is 0 Å². The van der Waals surface area contributed by atoms with E-state index in [1.54, 1.807) is 12.1 Å². The third kappa shape index (κ3) is 1.67. The molecule has 0 aliphatic heterocycles. The number of anilines is 1. The highest BCUT2D eigenvalue weighted by molar-refractivity contribution is 5.58. The second-order valence-corrected chi connectivity index (χ2v) is 4.72. The van der Waals surface area contributed by atoms with E-state index in [9.17, 15) is 4.39 Å². The summed E-state index contributed by atoms with van der Waals surface area (Å²) in [5.41, 5.74) is 6.17. The maximum atomic E-state index is 13.6. The van der Waals surface area contributed by atoms with E-state index in [0.717, 1.165) is 12.8 Å². The summed E-state index contributed by atoms with van der Waals surface area (Å²) >= 11 is 0. The lowest BCUT2D eigenvalue weighted by atomic mass is 10.1. The van der Waals surface area contributed by atoms with Crippen molar-refractivity contribution in [1.82, 2.24) is 10.1 Å². The van der Waals surface area contributed by atoms with E-state index in [1.165, 1.54) is 6.07 Å². The molecule has 2 aromatic rings. The molecule has 0 radical (unpaired) electrons. The van der Waals surface area contributed by atoms with Gasteiger partial charge in [-0.2, -0.15) is 4.98 Å². The summed E-state index contributed by atoms with van der Waals surface area (Å²) in [6.07, 6.45) is 2.10. The zero-order chi connectivity index (χ0) is 12.0. The van der Waals surface area contributed by atoms with Crippen molar-refractivity contribution in [3.63, 3.8) is 0 Å². The van der Waals surface area contributed by atoms with Crippen molar-refractivity contribution < 1.29 is 8.91 Å². The first kappa shape index (κ1) is 10.3. The molecule has 0 spiro atoms. The molecule has 1 aromatic heterocycles. The second kappa shape index (κ2) is 3.29. The number of hydrogen-bond acceptors (Lipinski definition) is 4. The zero-order valence-corrected chi connectivity index (χ0v) is 9.40. The van der Waals surface area contributed by atoms with Crippen LogP contribution in [0.2, 0.25) is 0 Å². The van der Waals surface area contributed by atoms with E-state index in [0.29, 0.717) is 17.1 Å². The van der Waals surface area contributed by atoms with Crippen molar-refractivity contribution in [2.24, 2.45) is 0 Å². The fourth-order valence-electron chi connectivity index (χ4n) is 1.69. The van der Waals surface area contributed by atoms with Gasteiger partial charge in [0.05, 0.1) is 5.56 Å². The number of hydrogen-bond donors (Lipinski definition) is 1. The van der Waals surface area contributed by atoms with Gasteiger partial charge in [0.1, 0.15) is 5.82 Å². The summed E-state index contributed by atoms with van der Waals surface area (Å²) in [5, 5.41) is 3.91. The molecule has 5 heteroatoms. The standard InChI is InChI=1S/C12H12FN3O/c1-12(4-5-12)11-15-10(17-16-11)8-3-2-7(14)6-9(8)13/h2-3,6H,4-5,14H2,1H3. The molecule has 3 rings (SSSR count). The molecule has 88 valence electrons. The van der Waals surface area contributed by atoms with Crippen LogP contribution in [0.5, 0.6) is 0 Å². The van der Waals surface area contributed by atoms with Gasteiger partial charge in [0.15, 0.2) is 5.82 Å². The average Bonchev–Trinajstić information content (AvgIpc) is 2.85. The van der Waals surface area contributed by atoms with Crippen molar-refractivity contribution >= 4 is 5.69 Å². The average molecular weight is 233 g/mol. The fraction of sp³-hybridized carbons (Fsp3) is 0.333. The predicted octanol–water partition coefficient (Wildman–Crippen LogP) is 2.51. The van der Waals surface area contributed by atoms with Crippen molar-refractivity contribution in [2.45, 2.75) is 25.2 Å². The highest BCUT2D eigenvalue weighted by Crippen LogP contribution is 2.46. The van der Waals surface area contributed by atoms with Crippen LogP contribution in [0.4, 0.5) is 10.1 Å². The Morgan fingerprint density at radius 3 is 2.82 bits per heavy atom. The normalized spacial score (nSPS) is 17.1. The van der Waals surface area contributed by atoms with Crippen LogP contribution in [0.25, 0.3) is 11.5 Å². The summed E-state index contributed by atoms with van der Waals surface area (Å²) in [5.74, 6) is 0.426. The SMILES string of the molecule is CC1(c2noc(-c3ccc(N)cc3F)n2)CC1. The quantitative estimate of drug-likeness (QED) is 0.809. The monoisotopic (exact) mass is 233 g/mol. The summed E-state index contributed by atoms with van der Waals surface area (Å²) < 4.78 is 18.7. The van der Waals surface area contributed by atoms with E-state index in [-0.39, 0.29) is 11.3 Å². The molecule has 1 aromatic carbocycles. The Bertz CT molecular complexity index is 575. The summed E-state index contributed by atoms with van der Waals surface area (Å²) in [7, 11) is 0. The Labute approximate surface area is 97.6 Å². The van der Waals surface area contributed by atoms with Crippen LogP contribution in [0.1, 0.15) is 25.6 Å². The summed E-state index contributed by atoms with van der Waals surface area (Å²) in [6.45, 7) is 2.07. The Morgan fingerprint density at radius 1 is 1.41 bits per heavy atom. The van der Waals surface area contributed by atoms with E-state index in [4.69, 9.17) is 10.3 Å². The largest absolute Gasteiger partial charge is 0.399 e. The Balaban J connectivity index is 2.01. The molecule has 0 amide bonds. The lowest BCUT2D eigenvalue weighted by molar-refractivity contribution is 0.414. The number of nitrogens with two attached hydrogens (primary N) is 1. The topological polar surface area (TPSA) is 64.9 Å². The van der Waals surface area contributed by atoms with E-state index in [2.05, 4.69) is 17.1 Å². The second-order valence-electron chi connectivity index (χ2n) is 4.72. The highest BCUT2D eigenvalue weighted by atomic mass is 19.1. The maximum Gasteiger partial charge on any atom is 0.260 e. The smallest absolute Gasteiger partial charge is 0.260 e. The van der Waals surface area contributed by atoms with Crippen molar-refractivity contribution in [1.29, 1.82) is 0 Å². The van der Waals surface area contributed by atoms with Crippen LogP contribution < -0.4 is 5.73 Å². The zero-order valence-electron chi connectivity index (χ0n) is 9.40. The van der Waals surface area contributed by atoms with Gasteiger partial charge in [-0.25, -0.2) is 4.39 Å². The number of benzene rings is 1. The predicted molar refractivity (Wildman–Crippen MR) is 60.7 cm³/mol. The van der Waals surface area contributed by atoms with E-state index in [1.807, 2.05) is 0 Å². The summed E-state index contributed by atoms with van der Waals surface area (Å²) in [6, 6.07) is 4.41. The molecule has 2 N–H and O–H groups in total. The third-order valence-corrected chi connectivity index (χ3v) is 3.19. The molecule has 0 atom stereocenters. The van der Waals surface area contributed by atoms with Crippen LogP contribution in [-0.2, 0) is 5.41 Å². The third-order valence-electron chi connectivity index (χ3n) is 3.19. The Hall–Kier alpha value is -1.91. The molecule has 0 unspecified atom stereocenters. The van der Waals surface area contributed by atoms with Gasteiger partial charge in [0, 0.05) is 11.1 Å². The first-order valence-electron chi connectivity index (χ1n) is 5.48. The van der Waals surface area contributed by atoms with Crippen LogP contribution >= 0.6 is 0 Å². The van der Waals surface area contributed by atoms with Gasteiger partial charge >= 0.3 is 0 Å². The first-order chi connectivity index (χ1) is 8.08. The molecular formula is C12H12FN3O. The minimum Gasteiger partial charge on any atom is -0.399 e. The lowest BCUT2D eigenvalue weighted by Crippen LogP contribution is -2.01. The van der Waals surface area contributed by atoms with Gasteiger partial charge in [0.2, 0.25) is 0 Å². The minimum atomic E-state index is -0.443. The van der Waals surface area contributed by atoms with Crippen molar-refractivity contribution in [2.75, 3.05) is 5.73 Å². The van der Waals surface area contributed by atoms with Gasteiger partial charge < -0.3 is 10.3 Å². The molecule has 1 fully saturated rings. The number of aromatic nitrogens is 2. The minimum absolute atomic E-state index is 0.0199. The lowest BCUT2D eigenvalue weighted by Gasteiger charge is -1.99. The highest BCUT2D eigenvalue weighted by Gasteiger charge is 2.43. The molecule has 4 nitrogen and oxygen atoms in total. The van der Waals surface area contributed by atoms with Crippen LogP contribution in [0.15, 0.2) is 22.7 Å². The summed E-state index contributed by atoms with van der Waals surface area (Å²) in [4.78, 5) is 4.25. The number of nitrogens with zero attached hydrogens (tertiary/aromatic N) is 2. The Kier molecular flexibility index (Phi) is 1.98. The molecule has 1 aliphatic carbocycles. The van der Waals surface area contributed by atoms with Gasteiger partial charge in [-0.1, -0.05) is 12.1 Å². The van der Waals surface area contributed by atoms with Crippen LogP contribution in [-0.4, -0.2) is 10.1 Å². The molecule has 1 heterocycles. The van der Waals surface area contributed by atoms with Crippen molar-refractivity contribution in [3.05, 3.63) is 29.8 Å². The molecule has 1 aliphatic rings. The molecule has 0 saturated heterocycles. The number of nitrogen functional groups attached to an aromatic ring is 1. The van der Waals surface area contributed by atoms with Gasteiger partial charge in [0.25, 0.3) is 5.89 Å². The molecular weight excluding hydrogens is 221 g/mol. The van der Waals surface area contributed by atoms with Crippen LogP contribution in [0, 0.1) is 5.82 Å². The first-order valence-corrected chi connectivity index (χ1v) is 5.48. The van der Waals surface area contributed by atoms with E-state index < -0.39 is 5.82 Å². The van der Waals surface area contributed by atoms with Gasteiger partial charge in [-0.3, -0.25) is 0 Å². The number of rotatable bonds is 2. The molecule has 1 saturated carbocycles.